The molecule has 2 atom stereocenters. The normalized spacial score (nSPS) is 22.3. The standard InChI is InChI=1S/C14H15Cl2NO3/c15-8-5-9(16)7-10(6-8)17-13(18)11-3-1-2-4-12(11)14(19)20/h5-7,11-12H,1-4H2,(H,17,18)(H,19,20)/t11-,12+/m1/s1. The smallest absolute Gasteiger partial charge is 0.307 e. The largest absolute Gasteiger partial charge is 0.481 e. The van der Waals surface area contributed by atoms with Gasteiger partial charge in [0.25, 0.3) is 0 Å². The van der Waals surface area contributed by atoms with Crippen molar-refractivity contribution >= 4 is 40.8 Å². The Kier molecular flexibility index (Phi) is 4.89. The zero-order chi connectivity index (χ0) is 14.7. The topological polar surface area (TPSA) is 66.4 Å². The first-order valence-electron chi connectivity index (χ1n) is 6.47. The van der Waals surface area contributed by atoms with Gasteiger partial charge in [0.2, 0.25) is 5.91 Å². The minimum atomic E-state index is -0.908. The van der Waals surface area contributed by atoms with Crippen LogP contribution in [0, 0.1) is 11.8 Å². The molecule has 4 nitrogen and oxygen atoms in total. The lowest BCUT2D eigenvalue weighted by Crippen LogP contribution is -2.36. The molecule has 6 heteroatoms. The summed E-state index contributed by atoms with van der Waals surface area (Å²) >= 11 is 11.7. The van der Waals surface area contributed by atoms with E-state index in [1.54, 1.807) is 18.2 Å². The van der Waals surface area contributed by atoms with Gasteiger partial charge in [-0.1, -0.05) is 36.0 Å². The van der Waals surface area contributed by atoms with Crippen molar-refractivity contribution in [3.05, 3.63) is 28.2 Å². The molecule has 1 saturated carbocycles. The molecule has 1 aromatic carbocycles. The summed E-state index contributed by atoms with van der Waals surface area (Å²) in [5, 5.41) is 12.7. The Morgan fingerprint density at radius 1 is 1.05 bits per heavy atom. The second-order valence-electron chi connectivity index (χ2n) is 4.98. The molecule has 0 aromatic heterocycles. The lowest BCUT2D eigenvalue weighted by atomic mass is 9.78. The fourth-order valence-electron chi connectivity index (χ4n) is 2.60. The van der Waals surface area contributed by atoms with Crippen molar-refractivity contribution < 1.29 is 14.7 Å². The number of carbonyl (C=O) groups excluding carboxylic acids is 1. The molecule has 0 bridgehead atoms. The zero-order valence-corrected chi connectivity index (χ0v) is 12.2. The highest BCUT2D eigenvalue weighted by Gasteiger charge is 2.35. The lowest BCUT2D eigenvalue weighted by molar-refractivity contribution is -0.147. The molecule has 1 aliphatic carbocycles. The van der Waals surface area contributed by atoms with Crippen molar-refractivity contribution in [2.24, 2.45) is 11.8 Å². The van der Waals surface area contributed by atoms with Crippen molar-refractivity contribution in [2.75, 3.05) is 5.32 Å². The molecule has 2 rings (SSSR count). The third kappa shape index (κ3) is 3.64. The number of carboxylic acid groups (broad SMARTS) is 1. The third-order valence-electron chi connectivity index (χ3n) is 3.55. The van der Waals surface area contributed by atoms with Crippen molar-refractivity contribution in [3.8, 4) is 0 Å². The van der Waals surface area contributed by atoms with Gasteiger partial charge in [-0.3, -0.25) is 9.59 Å². The van der Waals surface area contributed by atoms with Gasteiger partial charge in [-0.15, -0.1) is 0 Å². The highest BCUT2D eigenvalue weighted by Crippen LogP contribution is 2.32. The van der Waals surface area contributed by atoms with Crippen molar-refractivity contribution in [1.82, 2.24) is 0 Å². The van der Waals surface area contributed by atoms with Crippen LogP contribution in [0.5, 0.6) is 0 Å². The summed E-state index contributed by atoms with van der Waals surface area (Å²) in [5.41, 5.74) is 0.488. The maximum Gasteiger partial charge on any atom is 0.307 e. The zero-order valence-electron chi connectivity index (χ0n) is 10.7. The fraction of sp³-hybridized carbons (Fsp3) is 0.429. The first-order valence-corrected chi connectivity index (χ1v) is 7.22. The average Bonchev–Trinajstić information content (AvgIpc) is 2.37. The number of hydrogen-bond acceptors (Lipinski definition) is 2. The predicted octanol–water partition coefficient (Wildman–Crippen LogP) is 3.82. The van der Waals surface area contributed by atoms with E-state index in [1.165, 1.54) is 0 Å². The quantitative estimate of drug-likeness (QED) is 0.891. The van der Waals surface area contributed by atoms with Gasteiger partial charge in [0.05, 0.1) is 11.8 Å². The Bertz CT molecular complexity index is 513. The van der Waals surface area contributed by atoms with E-state index < -0.39 is 17.8 Å². The minimum absolute atomic E-state index is 0.282. The van der Waals surface area contributed by atoms with E-state index in [2.05, 4.69) is 5.32 Å². The van der Waals surface area contributed by atoms with Crippen LogP contribution in [0.15, 0.2) is 18.2 Å². The summed E-state index contributed by atoms with van der Waals surface area (Å²) in [7, 11) is 0. The summed E-state index contributed by atoms with van der Waals surface area (Å²) < 4.78 is 0. The van der Waals surface area contributed by atoms with Crippen LogP contribution in [0.1, 0.15) is 25.7 Å². The van der Waals surface area contributed by atoms with Crippen LogP contribution >= 0.6 is 23.2 Å². The summed E-state index contributed by atoms with van der Waals surface area (Å²) in [6, 6.07) is 4.74. The molecule has 1 amide bonds. The molecule has 2 N–H and O–H groups in total. The number of rotatable bonds is 3. The Hall–Kier alpha value is -1.26. The van der Waals surface area contributed by atoms with Gasteiger partial charge in [-0.05, 0) is 31.0 Å². The molecular formula is C14H15Cl2NO3. The van der Waals surface area contributed by atoms with Gasteiger partial charge in [0, 0.05) is 15.7 Å². The highest BCUT2D eigenvalue weighted by atomic mass is 35.5. The van der Waals surface area contributed by atoms with E-state index in [0.717, 1.165) is 12.8 Å². The van der Waals surface area contributed by atoms with Crippen LogP contribution < -0.4 is 5.32 Å². The molecule has 0 spiro atoms. The van der Waals surface area contributed by atoms with E-state index in [4.69, 9.17) is 23.2 Å². The number of aliphatic carboxylic acids is 1. The van der Waals surface area contributed by atoms with Gasteiger partial charge >= 0.3 is 5.97 Å². The van der Waals surface area contributed by atoms with Crippen molar-refractivity contribution in [2.45, 2.75) is 25.7 Å². The third-order valence-corrected chi connectivity index (χ3v) is 3.99. The number of amides is 1. The molecule has 0 aliphatic heterocycles. The molecule has 1 aliphatic rings. The number of anilines is 1. The average molecular weight is 316 g/mol. The molecule has 0 heterocycles. The predicted molar refractivity (Wildman–Crippen MR) is 78.2 cm³/mol. The van der Waals surface area contributed by atoms with E-state index in [0.29, 0.717) is 28.6 Å². The van der Waals surface area contributed by atoms with Crippen LogP contribution in [0.25, 0.3) is 0 Å². The SMILES string of the molecule is O=C(O)[C@H]1CCCC[C@H]1C(=O)Nc1cc(Cl)cc(Cl)c1. The van der Waals surface area contributed by atoms with Gasteiger partial charge in [0.15, 0.2) is 0 Å². The number of halogens is 2. The van der Waals surface area contributed by atoms with Gasteiger partial charge in [0.1, 0.15) is 0 Å². The molecule has 108 valence electrons. The second-order valence-corrected chi connectivity index (χ2v) is 5.86. The summed E-state index contributed by atoms with van der Waals surface area (Å²) in [6.07, 6.45) is 2.86. The number of carboxylic acids is 1. The summed E-state index contributed by atoms with van der Waals surface area (Å²) in [5.74, 6) is -2.30. The fourth-order valence-corrected chi connectivity index (χ4v) is 3.13. The summed E-state index contributed by atoms with van der Waals surface area (Å²) in [6.45, 7) is 0. The first kappa shape index (κ1) is 15.1. The Morgan fingerprint density at radius 2 is 1.60 bits per heavy atom. The van der Waals surface area contributed by atoms with Gasteiger partial charge < -0.3 is 10.4 Å². The number of benzene rings is 1. The van der Waals surface area contributed by atoms with E-state index in [-0.39, 0.29) is 5.91 Å². The van der Waals surface area contributed by atoms with Crippen LogP contribution in [0.2, 0.25) is 10.0 Å². The van der Waals surface area contributed by atoms with Crippen LogP contribution in [-0.2, 0) is 9.59 Å². The molecule has 1 aromatic rings. The lowest BCUT2D eigenvalue weighted by Gasteiger charge is -2.27. The van der Waals surface area contributed by atoms with Crippen LogP contribution in [0.4, 0.5) is 5.69 Å². The van der Waals surface area contributed by atoms with Crippen LogP contribution in [-0.4, -0.2) is 17.0 Å². The minimum Gasteiger partial charge on any atom is -0.481 e. The maximum atomic E-state index is 12.2. The molecule has 1 fully saturated rings. The van der Waals surface area contributed by atoms with Gasteiger partial charge in [-0.25, -0.2) is 0 Å². The summed E-state index contributed by atoms with van der Waals surface area (Å²) in [4.78, 5) is 23.5. The Labute approximate surface area is 127 Å². The second kappa shape index (κ2) is 6.46. The van der Waals surface area contributed by atoms with Gasteiger partial charge in [-0.2, -0.15) is 0 Å². The van der Waals surface area contributed by atoms with E-state index in [9.17, 15) is 14.7 Å². The molecule has 0 saturated heterocycles. The van der Waals surface area contributed by atoms with E-state index >= 15 is 0 Å². The number of hydrogen-bond donors (Lipinski definition) is 2. The molecule has 20 heavy (non-hydrogen) atoms. The molecular weight excluding hydrogens is 301 g/mol. The van der Waals surface area contributed by atoms with Crippen molar-refractivity contribution in [1.29, 1.82) is 0 Å². The molecule has 0 radical (unpaired) electrons. The van der Waals surface area contributed by atoms with E-state index in [1.807, 2.05) is 0 Å². The highest BCUT2D eigenvalue weighted by molar-refractivity contribution is 6.35. The molecule has 0 unspecified atom stereocenters. The number of nitrogens with one attached hydrogen (secondary N) is 1. The van der Waals surface area contributed by atoms with Crippen LogP contribution in [0.3, 0.4) is 0 Å². The number of carbonyl (C=O) groups is 2. The Morgan fingerprint density at radius 3 is 2.15 bits per heavy atom. The van der Waals surface area contributed by atoms with Crippen molar-refractivity contribution in [3.63, 3.8) is 0 Å². The maximum absolute atomic E-state index is 12.2. The monoisotopic (exact) mass is 315 g/mol. The Balaban J connectivity index is 2.11. The first-order chi connectivity index (χ1) is 9.47.